The fourth-order valence-corrected chi connectivity index (χ4v) is 9.24. The van der Waals surface area contributed by atoms with Crippen molar-refractivity contribution in [1.29, 1.82) is 0 Å². The van der Waals surface area contributed by atoms with Gasteiger partial charge in [-0.2, -0.15) is 0 Å². The molecular formula is C57H40N2. The maximum absolute atomic E-state index is 5.35. The quantitative estimate of drug-likeness (QED) is 0.169. The van der Waals surface area contributed by atoms with Gasteiger partial charge < -0.3 is 0 Å². The van der Waals surface area contributed by atoms with Crippen LogP contribution in [0.4, 0.5) is 0 Å². The van der Waals surface area contributed by atoms with E-state index in [2.05, 4.69) is 220 Å². The predicted octanol–water partition coefficient (Wildman–Crippen LogP) is 15.1. The molecule has 0 radical (unpaired) electrons. The van der Waals surface area contributed by atoms with Crippen LogP contribution < -0.4 is 0 Å². The Labute approximate surface area is 345 Å². The molecule has 0 saturated heterocycles. The molecule has 0 amide bonds. The molecule has 1 aliphatic rings. The first kappa shape index (κ1) is 34.8. The molecule has 1 aliphatic carbocycles. The lowest BCUT2D eigenvalue weighted by molar-refractivity contribution is 0.661. The molecule has 11 rings (SSSR count). The largest absolute Gasteiger partial charge is 0.228 e. The fourth-order valence-electron chi connectivity index (χ4n) is 9.24. The summed E-state index contributed by atoms with van der Waals surface area (Å²) in [6.45, 7) is 4.73. The van der Waals surface area contributed by atoms with E-state index in [-0.39, 0.29) is 5.41 Å². The van der Waals surface area contributed by atoms with Gasteiger partial charge in [0.05, 0.1) is 11.4 Å². The molecule has 1 heterocycles. The van der Waals surface area contributed by atoms with Crippen molar-refractivity contribution in [2.75, 3.05) is 0 Å². The summed E-state index contributed by atoms with van der Waals surface area (Å²) in [6, 6.07) is 74.2. The Morgan fingerprint density at radius 3 is 1.59 bits per heavy atom. The highest BCUT2D eigenvalue weighted by Crippen LogP contribution is 2.52. The van der Waals surface area contributed by atoms with E-state index in [0.717, 1.165) is 39.0 Å². The zero-order valence-corrected chi connectivity index (χ0v) is 33.0. The molecule has 2 heteroatoms. The van der Waals surface area contributed by atoms with E-state index in [0.29, 0.717) is 5.82 Å². The lowest BCUT2D eigenvalue weighted by Crippen LogP contribution is -2.15. The Balaban J connectivity index is 1.05. The highest BCUT2D eigenvalue weighted by molar-refractivity contribution is 6.06. The summed E-state index contributed by atoms with van der Waals surface area (Å²) in [4.78, 5) is 10.7. The molecule has 1 aromatic heterocycles. The van der Waals surface area contributed by atoms with Crippen LogP contribution in [0.3, 0.4) is 0 Å². The van der Waals surface area contributed by atoms with Gasteiger partial charge in [-0.15, -0.1) is 0 Å². The van der Waals surface area contributed by atoms with Gasteiger partial charge in [-0.25, -0.2) is 9.97 Å². The molecule has 2 nitrogen and oxygen atoms in total. The maximum atomic E-state index is 5.35. The second kappa shape index (κ2) is 13.9. The van der Waals surface area contributed by atoms with E-state index in [4.69, 9.17) is 9.97 Å². The maximum Gasteiger partial charge on any atom is 0.161 e. The molecular weight excluding hydrogens is 713 g/mol. The summed E-state index contributed by atoms with van der Waals surface area (Å²) < 4.78 is 0. The standard InChI is InChI=1S/C57H40N2/c1-57(2)51-33-29-40-18-9-10-21-46(40)55(51)50-30-28-43(35-52(50)57)45-31-32-49(48-23-12-11-22-47(45)48)56-58-53(41-26-24-39(25-27-41)37-14-5-3-6-15-37)36-54(59-56)44-20-13-19-42(34-44)38-16-7-4-8-17-38/h3-36H,1-2H3. The van der Waals surface area contributed by atoms with Crippen molar-refractivity contribution in [3.8, 4) is 78.4 Å². The highest BCUT2D eigenvalue weighted by Gasteiger charge is 2.36. The highest BCUT2D eigenvalue weighted by atomic mass is 14.9. The average molecular weight is 753 g/mol. The van der Waals surface area contributed by atoms with Gasteiger partial charge in [-0.05, 0) is 101 Å². The number of rotatable bonds is 6. The van der Waals surface area contributed by atoms with E-state index in [9.17, 15) is 0 Å². The minimum atomic E-state index is -0.123. The van der Waals surface area contributed by atoms with Crippen molar-refractivity contribution in [3.63, 3.8) is 0 Å². The van der Waals surface area contributed by atoms with Gasteiger partial charge in [-0.3, -0.25) is 0 Å². The molecule has 0 unspecified atom stereocenters. The zero-order chi connectivity index (χ0) is 39.5. The van der Waals surface area contributed by atoms with E-state index < -0.39 is 0 Å². The van der Waals surface area contributed by atoms with Crippen LogP contribution in [0.15, 0.2) is 206 Å². The van der Waals surface area contributed by atoms with E-state index in [1.54, 1.807) is 0 Å². The number of fused-ring (bicyclic) bond motifs is 6. The number of hydrogen-bond donors (Lipinski definition) is 0. The predicted molar refractivity (Wildman–Crippen MR) is 247 cm³/mol. The summed E-state index contributed by atoms with van der Waals surface area (Å²) >= 11 is 0. The van der Waals surface area contributed by atoms with Gasteiger partial charge in [0.15, 0.2) is 5.82 Å². The molecule has 278 valence electrons. The van der Waals surface area contributed by atoms with Crippen molar-refractivity contribution < 1.29 is 0 Å². The Morgan fingerprint density at radius 1 is 0.322 bits per heavy atom. The molecule has 0 fully saturated rings. The molecule has 0 aliphatic heterocycles. The molecule has 10 aromatic rings. The third-order valence-corrected chi connectivity index (χ3v) is 12.3. The molecule has 0 atom stereocenters. The van der Waals surface area contributed by atoms with Gasteiger partial charge in [0.25, 0.3) is 0 Å². The van der Waals surface area contributed by atoms with Crippen molar-refractivity contribution in [1.82, 2.24) is 9.97 Å². The van der Waals surface area contributed by atoms with Gasteiger partial charge in [0.1, 0.15) is 0 Å². The van der Waals surface area contributed by atoms with E-state index in [1.165, 1.54) is 66.2 Å². The number of nitrogens with zero attached hydrogens (tertiary/aromatic N) is 2. The van der Waals surface area contributed by atoms with Gasteiger partial charge in [0.2, 0.25) is 0 Å². The van der Waals surface area contributed by atoms with Crippen LogP contribution in [-0.2, 0) is 5.41 Å². The summed E-state index contributed by atoms with van der Waals surface area (Å²) in [5.41, 5.74) is 17.3. The number of aromatic nitrogens is 2. The monoisotopic (exact) mass is 752 g/mol. The lowest BCUT2D eigenvalue weighted by Gasteiger charge is -2.22. The van der Waals surface area contributed by atoms with Crippen molar-refractivity contribution in [2.24, 2.45) is 0 Å². The third kappa shape index (κ3) is 5.96. The van der Waals surface area contributed by atoms with Crippen LogP contribution in [0, 0.1) is 0 Å². The third-order valence-electron chi connectivity index (χ3n) is 12.3. The van der Waals surface area contributed by atoms with E-state index >= 15 is 0 Å². The minimum Gasteiger partial charge on any atom is -0.228 e. The molecule has 9 aromatic carbocycles. The van der Waals surface area contributed by atoms with Crippen LogP contribution >= 0.6 is 0 Å². The molecule has 59 heavy (non-hydrogen) atoms. The first-order chi connectivity index (χ1) is 29.0. The lowest BCUT2D eigenvalue weighted by atomic mass is 9.81. The summed E-state index contributed by atoms with van der Waals surface area (Å²) in [7, 11) is 0. The smallest absolute Gasteiger partial charge is 0.161 e. The minimum absolute atomic E-state index is 0.123. The second-order valence-electron chi connectivity index (χ2n) is 16.2. The second-order valence-corrected chi connectivity index (χ2v) is 16.2. The Hall–Kier alpha value is -7.42. The molecule has 0 N–H and O–H groups in total. The molecule has 0 spiro atoms. The van der Waals surface area contributed by atoms with Crippen molar-refractivity contribution >= 4 is 21.5 Å². The SMILES string of the molecule is CC1(C)c2cc(-c3ccc(-c4nc(-c5ccc(-c6ccccc6)cc5)cc(-c5cccc(-c6ccccc6)c5)n4)c4ccccc34)ccc2-c2c1ccc1ccccc21. The first-order valence-electron chi connectivity index (χ1n) is 20.4. The molecule has 0 bridgehead atoms. The zero-order valence-electron chi connectivity index (χ0n) is 33.0. The van der Waals surface area contributed by atoms with Crippen molar-refractivity contribution in [2.45, 2.75) is 19.3 Å². The van der Waals surface area contributed by atoms with Gasteiger partial charge in [0, 0.05) is 22.1 Å². The van der Waals surface area contributed by atoms with Gasteiger partial charge in [-0.1, -0.05) is 196 Å². The Morgan fingerprint density at radius 2 is 0.847 bits per heavy atom. The first-order valence-corrected chi connectivity index (χ1v) is 20.4. The number of benzene rings is 9. The average Bonchev–Trinajstić information content (AvgIpc) is 3.54. The molecule has 0 saturated carbocycles. The van der Waals surface area contributed by atoms with Crippen molar-refractivity contribution in [3.05, 3.63) is 217 Å². The van der Waals surface area contributed by atoms with Crippen LogP contribution in [0.25, 0.3) is 100.0 Å². The fraction of sp³-hybridized carbons (Fsp3) is 0.0526. The normalized spacial score (nSPS) is 12.7. The van der Waals surface area contributed by atoms with Crippen LogP contribution in [0.5, 0.6) is 0 Å². The van der Waals surface area contributed by atoms with Crippen LogP contribution in [0.2, 0.25) is 0 Å². The van der Waals surface area contributed by atoms with Gasteiger partial charge >= 0.3 is 0 Å². The summed E-state index contributed by atoms with van der Waals surface area (Å²) in [6.07, 6.45) is 0. The summed E-state index contributed by atoms with van der Waals surface area (Å²) in [5, 5.41) is 4.90. The van der Waals surface area contributed by atoms with E-state index in [1.807, 2.05) is 0 Å². The number of hydrogen-bond acceptors (Lipinski definition) is 2. The Kier molecular flexibility index (Phi) is 8.20. The van der Waals surface area contributed by atoms with Crippen LogP contribution in [0.1, 0.15) is 25.0 Å². The van der Waals surface area contributed by atoms with Crippen LogP contribution in [-0.4, -0.2) is 9.97 Å². The topological polar surface area (TPSA) is 25.8 Å². The summed E-state index contributed by atoms with van der Waals surface area (Å²) in [5.74, 6) is 0.704. The Bertz CT molecular complexity index is 3220.